The molecule has 1 heterocycles. The Balaban J connectivity index is 1.79. The molecular weight excluding hydrogens is 294 g/mol. The highest BCUT2D eigenvalue weighted by Gasteiger charge is 2.20. The molecule has 0 spiro atoms. The van der Waals surface area contributed by atoms with Crippen molar-refractivity contribution >= 4 is 22.4 Å². The summed E-state index contributed by atoms with van der Waals surface area (Å²) in [5, 5.41) is 3.11. The van der Waals surface area contributed by atoms with Gasteiger partial charge in [-0.25, -0.2) is 13.8 Å². The first kappa shape index (κ1) is 14.1. The van der Waals surface area contributed by atoms with Crippen molar-refractivity contribution in [2.45, 2.75) is 26.2 Å². The lowest BCUT2D eigenvalue weighted by Gasteiger charge is -2.15. The van der Waals surface area contributed by atoms with E-state index in [-0.39, 0.29) is 5.56 Å². The fourth-order valence-electron chi connectivity index (χ4n) is 2.45. The molecule has 0 saturated carbocycles. The lowest BCUT2D eigenvalue weighted by Crippen LogP contribution is -2.12. The molecule has 0 radical (unpaired) electrons. The third-order valence-corrected chi connectivity index (χ3v) is 4.57. The van der Waals surface area contributed by atoms with E-state index in [1.807, 2.05) is 0 Å². The Labute approximate surface area is 125 Å². The van der Waals surface area contributed by atoms with E-state index in [2.05, 4.69) is 17.2 Å². The second kappa shape index (κ2) is 5.52. The van der Waals surface area contributed by atoms with Crippen molar-refractivity contribution in [3.63, 3.8) is 0 Å². The number of nitrogens with one attached hydrogen (secondary N) is 1. The summed E-state index contributed by atoms with van der Waals surface area (Å²) < 4.78 is 26.2. The van der Waals surface area contributed by atoms with Gasteiger partial charge in [0.1, 0.15) is 11.6 Å². The number of carbonyl (C=O) groups excluding carboxylic acids is 1. The minimum atomic E-state index is -0.771. The van der Waals surface area contributed by atoms with Crippen molar-refractivity contribution in [1.82, 2.24) is 4.98 Å². The molecule has 3 rings (SSSR count). The van der Waals surface area contributed by atoms with Crippen LogP contribution >= 0.6 is 11.3 Å². The molecule has 0 saturated heterocycles. The Morgan fingerprint density at radius 1 is 1.33 bits per heavy atom. The highest BCUT2D eigenvalue weighted by atomic mass is 32.1. The van der Waals surface area contributed by atoms with Crippen LogP contribution in [0, 0.1) is 17.6 Å². The number of aryl methyl sites for hydroxylation is 1. The molecule has 1 aliphatic rings. The smallest absolute Gasteiger partial charge is 0.257 e. The van der Waals surface area contributed by atoms with E-state index in [0.717, 1.165) is 43.2 Å². The molecule has 1 aliphatic carbocycles. The zero-order valence-corrected chi connectivity index (χ0v) is 12.3. The van der Waals surface area contributed by atoms with Gasteiger partial charge in [0, 0.05) is 16.5 Å². The molecule has 21 heavy (non-hydrogen) atoms. The molecule has 6 heteroatoms. The van der Waals surface area contributed by atoms with Crippen molar-refractivity contribution in [2.24, 2.45) is 5.92 Å². The van der Waals surface area contributed by atoms with Crippen LogP contribution in [-0.2, 0) is 12.8 Å². The number of aromatic nitrogens is 1. The van der Waals surface area contributed by atoms with E-state index in [0.29, 0.717) is 11.0 Å². The molecule has 1 amide bonds. The first-order valence-electron chi connectivity index (χ1n) is 6.77. The number of rotatable bonds is 2. The van der Waals surface area contributed by atoms with Crippen molar-refractivity contribution in [2.75, 3.05) is 5.32 Å². The third kappa shape index (κ3) is 3.10. The van der Waals surface area contributed by atoms with Gasteiger partial charge in [0.05, 0.1) is 5.69 Å². The summed E-state index contributed by atoms with van der Waals surface area (Å²) in [5.41, 5.74) is 0.980. The predicted octanol–water partition coefficient (Wildman–Crippen LogP) is 3.80. The molecule has 1 aromatic heterocycles. The maximum atomic E-state index is 13.1. The van der Waals surface area contributed by atoms with E-state index in [1.54, 1.807) is 0 Å². The largest absolute Gasteiger partial charge is 0.298 e. The normalized spacial score (nSPS) is 17.4. The molecule has 0 bridgehead atoms. The quantitative estimate of drug-likeness (QED) is 0.917. The van der Waals surface area contributed by atoms with Gasteiger partial charge in [0.2, 0.25) is 0 Å². The Morgan fingerprint density at radius 3 is 2.76 bits per heavy atom. The number of anilines is 1. The van der Waals surface area contributed by atoms with Crippen LogP contribution in [0.2, 0.25) is 0 Å². The van der Waals surface area contributed by atoms with Crippen LogP contribution in [0.25, 0.3) is 0 Å². The average molecular weight is 308 g/mol. The number of amides is 1. The van der Waals surface area contributed by atoms with E-state index in [9.17, 15) is 13.6 Å². The van der Waals surface area contributed by atoms with Gasteiger partial charge in [-0.3, -0.25) is 10.1 Å². The highest BCUT2D eigenvalue weighted by Crippen LogP contribution is 2.32. The van der Waals surface area contributed by atoms with E-state index < -0.39 is 17.5 Å². The number of fused-ring (bicyclic) bond motifs is 1. The Kier molecular flexibility index (Phi) is 3.71. The summed E-state index contributed by atoms with van der Waals surface area (Å²) >= 11 is 1.44. The summed E-state index contributed by atoms with van der Waals surface area (Å²) in [6.45, 7) is 2.19. The van der Waals surface area contributed by atoms with Crippen LogP contribution < -0.4 is 5.32 Å². The van der Waals surface area contributed by atoms with Crippen molar-refractivity contribution in [3.8, 4) is 0 Å². The van der Waals surface area contributed by atoms with E-state index in [4.69, 9.17) is 0 Å². The molecule has 1 N–H and O–H groups in total. The van der Waals surface area contributed by atoms with Crippen LogP contribution in [0.1, 0.15) is 34.3 Å². The van der Waals surface area contributed by atoms with Crippen molar-refractivity contribution in [3.05, 3.63) is 46.0 Å². The van der Waals surface area contributed by atoms with Gasteiger partial charge in [-0.15, -0.1) is 11.3 Å². The molecule has 2 aromatic rings. The minimum absolute atomic E-state index is 0.0472. The Bertz CT molecular complexity index is 679. The third-order valence-electron chi connectivity index (χ3n) is 3.53. The fraction of sp³-hybridized carbons (Fsp3) is 0.333. The average Bonchev–Trinajstić information content (AvgIpc) is 2.78. The SMILES string of the molecule is C[C@@H]1CCc2nc(NC(=O)c3cc(F)cc(F)c3)sc2C1. The number of hydrogen-bond acceptors (Lipinski definition) is 3. The number of hydrogen-bond donors (Lipinski definition) is 1. The summed E-state index contributed by atoms with van der Waals surface area (Å²) in [5.74, 6) is -1.47. The summed E-state index contributed by atoms with van der Waals surface area (Å²) in [4.78, 5) is 17.6. The number of carbonyl (C=O) groups is 1. The summed E-state index contributed by atoms with van der Waals surface area (Å²) in [7, 11) is 0. The van der Waals surface area contributed by atoms with Crippen LogP contribution in [0.15, 0.2) is 18.2 Å². The van der Waals surface area contributed by atoms with Crippen molar-refractivity contribution < 1.29 is 13.6 Å². The van der Waals surface area contributed by atoms with Gasteiger partial charge < -0.3 is 0 Å². The number of thiazole rings is 1. The zero-order valence-electron chi connectivity index (χ0n) is 11.5. The molecule has 3 nitrogen and oxygen atoms in total. The minimum Gasteiger partial charge on any atom is -0.298 e. The Morgan fingerprint density at radius 2 is 2.05 bits per heavy atom. The van der Waals surface area contributed by atoms with Gasteiger partial charge in [-0.2, -0.15) is 0 Å². The van der Waals surface area contributed by atoms with E-state index >= 15 is 0 Å². The summed E-state index contributed by atoms with van der Waals surface area (Å²) in [6.07, 6.45) is 2.98. The lowest BCUT2D eigenvalue weighted by molar-refractivity contribution is 0.102. The number of halogens is 2. The first-order valence-corrected chi connectivity index (χ1v) is 7.59. The molecular formula is C15H14F2N2OS. The standard InChI is InChI=1S/C15H14F2N2OS/c1-8-2-3-12-13(4-8)21-15(18-12)19-14(20)9-5-10(16)7-11(17)6-9/h5-8H,2-4H2,1H3,(H,18,19,20)/t8-/m1/s1. The maximum absolute atomic E-state index is 13.1. The van der Waals surface area contributed by atoms with Gasteiger partial charge in [0.25, 0.3) is 5.91 Å². The van der Waals surface area contributed by atoms with E-state index in [1.165, 1.54) is 16.2 Å². The predicted molar refractivity (Wildman–Crippen MR) is 77.6 cm³/mol. The number of nitrogens with zero attached hydrogens (tertiary/aromatic N) is 1. The van der Waals surface area contributed by atoms with Crippen LogP contribution in [0.3, 0.4) is 0 Å². The molecule has 0 unspecified atom stereocenters. The maximum Gasteiger partial charge on any atom is 0.257 e. The molecule has 0 aliphatic heterocycles. The monoisotopic (exact) mass is 308 g/mol. The molecule has 1 atom stereocenters. The molecule has 0 fully saturated rings. The van der Waals surface area contributed by atoms with Crippen LogP contribution in [-0.4, -0.2) is 10.9 Å². The number of benzene rings is 1. The summed E-state index contributed by atoms with van der Waals surface area (Å²) in [6, 6.07) is 2.75. The second-order valence-corrected chi connectivity index (χ2v) is 6.43. The first-order chi connectivity index (χ1) is 10.0. The zero-order chi connectivity index (χ0) is 15.0. The van der Waals surface area contributed by atoms with Gasteiger partial charge in [0.15, 0.2) is 5.13 Å². The van der Waals surface area contributed by atoms with Gasteiger partial charge in [-0.1, -0.05) is 6.92 Å². The van der Waals surface area contributed by atoms with Gasteiger partial charge >= 0.3 is 0 Å². The van der Waals surface area contributed by atoms with Gasteiger partial charge in [-0.05, 0) is 37.3 Å². The second-order valence-electron chi connectivity index (χ2n) is 5.35. The fourth-order valence-corrected chi connectivity index (χ4v) is 3.61. The Hall–Kier alpha value is -1.82. The molecule has 1 aromatic carbocycles. The van der Waals surface area contributed by atoms with Crippen molar-refractivity contribution in [1.29, 1.82) is 0 Å². The van der Waals surface area contributed by atoms with Crippen LogP contribution in [0.4, 0.5) is 13.9 Å². The topological polar surface area (TPSA) is 42.0 Å². The lowest BCUT2D eigenvalue weighted by atomic mass is 9.93. The highest BCUT2D eigenvalue weighted by molar-refractivity contribution is 7.15. The molecule has 110 valence electrons. The van der Waals surface area contributed by atoms with Crippen LogP contribution in [0.5, 0.6) is 0 Å².